The molecule has 24 heavy (non-hydrogen) atoms. The van der Waals surface area contributed by atoms with Crippen LogP contribution in [0.25, 0.3) is 0 Å². The summed E-state index contributed by atoms with van der Waals surface area (Å²) >= 11 is 6.15. The third-order valence-corrected chi connectivity index (χ3v) is 5.72. The summed E-state index contributed by atoms with van der Waals surface area (Å²) in [6.45, 7) is 7.74. The van der Waals surface area contributed by atoms with Crippen molar-refractivity contribution in [3.63, 3.8) is 0 Å². The fraction of sp³-hybridized carbons (Fsp3) is 0.632. The number of hydrogen-bond donors (Lipinski definition) is 2. The van der Waals surface area contributed by atoms with Crippen molar-refractivity contribution in [3.8, 4) is 0 Å². The third-order valence-electron chi connectivity index (χ3n) is 5.48. The lowest BCUT2D eigenvalue weighted by Crippen LogP contribution is -2.43. The van der Waals surface area contributed by atoms with Gasteiger partial charge in [0.2, 0.25) is 0 Å². The average molecular weight is 349 g/mol. The van der Waals surface area contributed by atoms with Gasteiger partial charge in [-0.1, -0.05) is 30.7 Å². The van der Waals surface area contributed by atoms with E-state index < -0.39 is 0 Å². The van der Waals surface area contributed by atoms with Gasteiger partial charge in [-0.3, -0.25) is 4.99 Å². The second kappa shape index (κ2) is 7.75. The first-order valence-electron chi connectivity index (χ1n) is 9.08. The highest BCUT2D eigenvalue weighted by molar-refractivity contribution is 6.30. The number of rotatable bonds is 6. The summed E-state index contributed by atoms with van der Waals surface area (Å²) in [4.78, 5) is 6.90. The molecule has 1 saturated carbocycles. The molecule has 3 rings (SSSR count). The molecule has 0 spiro atoms. The molecule has 0 amide bonds. The Bertz CT molecular complexity index is 582. The average Bonchev–Trinajstić information content (AvgIpc) is 3.25. The number of benzene rings is 1. The van der Waals surface area contributed by atoms with Crippen molar-refractivity contribution >= 4 is 17.6 Å². The fourth-order valence-electron chi connectivity index (χ4n) is 3.62. The summed E-state index contributed by atoms with van der Waals surface area (Å²) in [5, 5.41) is 7.85. The lowest BCUT2D eigenvalue weighted by Gasteiger charge is -2.20. The Labute approximate surface area is 150 Å². The van der Waals surface area contributed by atoms with Gasteiger partial charge in [0.25, 0.3) is 0 Å². The van der Waals surface area contributed by atoms with Crippen LogP contribution in [0, 0.1) is 5.92 Å². The molecule has 132 valence electrons. The van der Waals surface area contributed by atoms with Crippen molar-refractivity contribution in [2.45, 2.75) is 31.6 Å². The van der Waals surface area contributed by atoms with Gasteiger partial charge in [-0.05, 0) is 56.0 Å². The van der Waals surface area contributed by atoms with E-state index in [2.05, 4.69) is 39.6 Å². The van der Waals surface area contributed by atoms with Crippen molar-refractivity contribution < 1.29 is 0 Å². The minimum absolute atomic E-state index is 0.231. The van der Waals surface area contributed by atoms with Gasteiger partial charge >= 0.3 is 0 Å². The molecule has 2 N–H and O–H groups in total. The van der Waals surface area contributed by atoms with Gasteiger partial charge in [-0.2, -0.15) is 0 Å². The van der Waals surface area contributed by atoms with Crippen molar-refractivity contribution in [2.75, 3.05) is 39.8 Å². The Morgan fingerprint density at radius 1 is 1.38 bits per heavy atom. The topological polar surface area (TPSA) is 39.7 Å². The molecule has 1 aliphatic heterocycles. The number of halogens is 1. The number of nitrogens with zero attached hydrogens (tertiary/aromatic N) is 2. The van der Waals surface area contributed by atoms with Crippen LogP contribution in [0.15, 0.2) is 29.3 Å². The molecule has 1 aromatic rings. The second-order valence-electron chi connectivity index (χ2n) is 7.15. The number of guanidine groups is 1. The third kappa shape index (κ3) is 4.22. The van der Waals surface area contributed by atoms with Crippen LogP contribution in [0.2, 0.25) is 5.02 Å². The monoisotopic (exact) mass is 348 g/mol. The summed E-state index contributed by atoms with van der Waals surface area (Å²) in [7, 11) is 1.85. The van der Waals surface area contributed by atoms with E-state index in [0.29, 0.717) is 0 Å². The summed E-state index contributed by atoms with van der Waals surface area (Å²) in [5.74, 6) is 1.64. The summed E-state index contributed by atoms with van der Waals surface area (Å²) in [6.07, 6.45) is 3.71. The first kappa shape index (κ1) is 17.6. The summed E-state index contributed by atoms with van der Waals surface area (Å²) in [5.41, 5.74) is 1.57. The SMILES string of the molecule is CCN1CCC(CNC(=NC)NCC2(c3cccc(Cl)c3)CC2)C1. The van der Waals surface area contributed by atoms with Crippen LogP contribution >= 0.6 is 11.6 Å². The van der Waals surface area contributed by atoms with E-state index in [4.69, 9.17) is 11.6 Å². The molecular formula is C19H29ClN4. The van der Waals surface area contributed by atoms with E-state index in [1.54, 1.807) is 0 Å². The minimum atomic E-state index is 0.231. The Hall–Kier alpha value is -1.26. The van der Waals surface area contributed by atoms with Crippen LogP contribution in [0.4, 0.5) is 0 Å². The summed E-state index contributed by atoms with van der Waals surface area (Å²) < 4.78 is 0. The number of aliphatic imine (C=N–C) groups is 1. The van der Waals surface area contributed by atoms with E-state index in [1.807, 2.05) is 19.2 Å². The van der Waals surface area contributed by atoms with E-state index >= 15 is 0 Å². The number of likely N-dealkylation sites (tertiary alicyclic amines) is 1. The van der Waals surface area contributed by atoms with Gasteiger partial charge in [-0.15, -0.1) is 0 Å². The molecular weight excluding hydrogens is 320 g/mol. The predicted molar refractivity (Wildman–Crippen MR) is 102 cm³/mol. The zero-order chi connectivity index (χ0) is 17.0. The normalized spacial score (nSPS) is 23.3. The smallest absolute Gasteiger partial charge is 0.191 e. The standard InChI is InChI=1S/C19H29ClN4/c1-3-24-10-7-15(13-24)12-22-18(21-2)23-14-19(8-9-19)16-5-4-6-17(20)11-16/h4-6,11,15H,3,7-10,12-14H2,1-2H3,(H2,21,22,23). The van der Waals surface area contributed by atoms with Gasteiger partial charge in [0.15, 0.2) is 5.96 Å². The molecule has 5 heteroatoms. The molecule has 0 bridgehead atoms. The minimum Gasteiger partial charge on any atom is -0.356 e. The molecule has 0 aromatic heterocycles. The van der Waals surface area contributed by atoms with Crippen LogP contribution in [0.3, 0.4) is 0 Å². The summed E-state index contributed by atoms with van der Waals surface area (Å²) in [6, 6.07) is 8.28. The molecule has 2 fully saturated rings. The highest BCUT2D eigenvalue weighted by Gasteiger charge is 2.44. The lowest BCUT2D eigenvalue weighted by molar-refractivity contribution is 0.341. The molecule has 1 aromatic carbocycles. The van der Waals surface area contributed by atoms with Crippen LogP contribution in [-0.2, 0) is 5.41 Å². The Balaban J connectivity index is 1.48. The molecule has 0 radical (unpaired) electrons. The Kier molecular flexibility index (Phi) is 5.67. The number of nitrogens with one attached hydrogen (secondary N) is 2. The zero-order valence-corrected chi connectivity index (χ0v) is 15.6. The maximum Gasteiger partial charge on any atom is 0.191 e. The van der Waals surface area contributed by atoms with Gasteiger partial charge in [0, 0.05) is 37.1 Å². The van der Waals surface area contributed by atoms with Gasteiger partial charge in [0.1, 0.15) is 0 Å². The molecule has 1 heterocycles. The van der Waals surface area contributed by atoms with Crippen molar-refractivity contribution in [3.05, 3.63) is 34.9 Å². The van der Waals surface area contributed by atoms with E-state index in [0.717, 1.165) is 36.5 Å². The van der Waals surface area contributed by atoms with Crippen LogP contribution < -0.4 is 10.6 Å². The Morgan fingerprint density at radius 3 is 2.83 bits per heavy atom. The van der Waals surface area contributed by atoms with Crippen molar-refractivity contribution in [1.82, 2.24) is 15.5 Å². The zero-order valence-electron chi connectivity index (χ0n) is 14.8. The largest absolute Gasteiger partial charge is 0.356 e. The quantitative estimate of drug-likeness (QED) is 0.613. The van der Waals surface area contributed by atoms with Gasteiger partial charge in [0.05, 0.1) is 0 Å². The van der Waals surface area contributed by atoms with Crippen LogP contribution in [0.5, 0.6) is 0 Å². The molecule has 4 nitrogen and oxygen atoms in total. The maximum atomic E-state index is 6.15. The molecule has 2 aliphatic rings. The highest BCUT2D eigenvalue weighted by atomic mass is 35.5. The van der Waals surface area contributed by atoms with Crippen molar-refractivity contribution in [1.29, 1.82) is 0 Å². The number of hydrogen-bond acceptors (Lipinski definition) is 2. The van der Waals surface area contributed by atoms with Gasteiger partial charge < -0.3 is 15.5 Å². The van der Waals surface area contributed by atoms with E-state index in [9.17, 15) is 0 Å². The highest BCUT2D eigenvalue weighted by Crippen LogP contribution is 2.48. The lowest BCUT2D eigenvalue weighted by atomic mass is 9.96. The molecule has 1 aliphatic carbocycles. The first-order valence-corrected chi connectivity index (χ1v) is 9.46. The fourth-order valence-corrected chi connectivity index (χ4v) is 3.81. The Morgan fingerprint density at radius 2 is 2.21 bits per heavy atom. The van der Waals surface area contributed by atoms with E-state index in [-0.39, 0.29) is 5.41 Å². The van der Waals surface area contributed by atoms with Crippen molar-refractivity contribution in [2.24, 2.45) is 10.9 Å². The first-order chi connectivity index (χ1) is 11.6. The molecule has 1 unspecified atom stereocenters. The van der Waals surface area contributed by atoms with Gasteiger partial charge in [-0.25, -0.2) is 0 Å². The van der Waals surface area contributed by atoms with Crippen LogP contribution in [-0.4, -0.2) is 50.6 Å². The molecule has 1 saturated heterocycles. The maximum absolute atomic E-state index is 6.15. The van der Waals surface area contributed by atoms with E-state index in [1.165, 1.54) is 37.9 Å². The second-order valence-corrected chi connectivity index (χ2v) is 7.58. The molecule has 1 atom stereocenters. The van der Waals surface area contributed by atoms with Crippen LogP contribution in [0.1, 0.15) is 31.7 Å². The predicted octanol–water partition coefficient (Wildman–Crippen LogP) is 2.88.